The Balaban J connectivity index is 1.84. The maximum Gasteiger partial charge on any atom is 0.188 e. The average molecular weight is 258 g/mol. The van der Waals surface area contributed by atoms with E-state index < -0.39 is 0 Å². The molecule has 6 heteroatoms. The van der Waals surface area contributed by atoms with Crippen molar-refractivity contribution in [3.63, 3.8) is 0 Å². The number of hydrogen-bond acceptors (Lipinski definition) is 5. The van der Waals surface area contributed by atoms with Gasteiger partial charge in [-0.2, -0.15) is 4.80 Å². The van der Waals surface area contributed by atoms with Gasteiger partial charge in [0, 0.05) is 19.1 Å². The molecule has 0 spiro atoms. The van der Waals surface area contributed by atoms with Crippen molar-refractivity contribution in [2.24, 2.45) is 12.8 Å². The molecule has 2 N–H and O–H groups in total. The zero-order valence-electron chi connectivity index (χ0n) is 11.0. The van der Waals surface area contributed by atoms with Crippen molar-refractivity contribution in [3.05, 3.63) is 41.2 Å². The molecule has 1 aliphatic rings. The minimum Gasteiger partial charge on any atom is -0.329 e. The summed E-state index contributed by atoms with van der Waals surface area (Å²) >= 11 is 0. The fourth-order valence-corrected chi connectivity index (χ4v) is 2.74. The number of aryl methyl sites for hydroxylation is 1. The van der Waals surface area contributed by atoms with Gasteiger partial charge in [0.2, 0.25) is 0 Å². The third-order valence-electron chi connectivity index (χ3n) is 3.64. The van der Waals surface area contributed by atoms with E-state index in [0.29, 0.717) is 13.1 Å². The minimum absolute atomic E-state index is 0.244. The number of fused-ring (bicyclic) bond motifs is 1. The van der Waals surface area contributed by atoms with Crippen molar-refractivity contribution in [1.82, 2.24) is 25.1 Å². The number of aromatic nitrogens is 4. The van der Waals surface area contributed by atoms with E-state index in [1.165, 1.54) is 15.9 Å². The molecule has 3 rings (SSSR count). The molecule has 0 saturated heterocycles. The van der Waals surface area contributed by atoms with Crippen LogP contribution in [0.15, 0.2) is 24.3 Å². The molecule has 0 fully saturated rings. The van der Waals surface area contributed by atoms with Crippen LogP contribution in [0.3, 0.4) is 0 Å². The summed E-state index contributed by atoms with van der Waals surface area (Å²) in [7, 11) is 1.78. The van der Waals surface area contributed by atoms with Crippen LogP contribution in [0.4, 0.5) is 0 Å². The molecule has 0 bridgehead atoms. The summed E-state index contributed by atoms with van der Waals surface area (Å²) in [5, 5.41) is 12.2. The molecule has 2 aromatic rings. The Labute approximate surface area is 112 Å². The molecule has 0 radical (unpaired) electrons. The second-order valence-corrected chi connectivity index (χ2v) is 4.87. The first-order valence-corrected chi connectivity index (χ1v) is 6.52. The first-order valence-electron chi connectivity index (χ1n) is 6.52. The number of nitrogens with two attached hydrogens (primary N) is 1. The van der Waals surface area contributed by atoms with E-state index in [-0.39, 0.29) is 6.04 Å². The van der Waals surface area contributed by atoms with Crippen molar-refractivity contribution in [1.29, 1.82) is 0 Å². The molecule has 0 amide bonds. The largest absolute Gasteiger partial charge is 0.329 e. The van der Waals surface area contributed by atoms with Gasteiger partial charge in [-0.1, -0.05) is 24.3 Å². The monoisotopic (exact) mass is 258 g/mol. The lowest BCUT2D eigenvalue weighted by molar-refractivity contribution is 0.176. The fraction of sp³-hybridized carbons (Fsp3) is 0.462. The Hall–Kier alpha value is -1.79. The van der Waals surface area contributed by atoms with Gasteiger partial charge in [-0.15, -0.1) is 10.2 Å². The molecule has 0 aliphatic carbocycles. The Kier molecular flexibility index (Phi) is 3.27. The lowest BCUT2D eigenvalue weighted by Crippen LogP contribution is -2.39. The molecule has 1 aliphatic heterocycles. The first kappa shape index (κ1) is 12.3. The van der Waals surface area contributed by atoms with Crippen molar-refractivity contribution in [3.8, 4) is 0 Å². The second-order valence-electron chi connectivity index (χ2n) is 4.87. The van der Waals surface area contributed by atoms with Crippen LogP contribution in [0.2, 0.25) is 0 Å². The zero-order chi connectivity index (χ0) is 13.2. The topological polar surface area (TPSA) is 72.9 Å². The van der Waals surface area contributed by atoms with Crippen LogP contribution in [0.1, 0.15) is 23.0 Å². The predicted molar refractivity (Wildman–Crippen MR) is 71.1 cm³/mol. The van der Waals surface area contributed by atoms with Crippen LogP contribution in [-0.2, 0) is 20.0 Å². The summed E-state index contributed by atoms with van der Waals surface area (Å²) in [5.74, 6) is 0.750. The van der Waals surface area contributed by atoms with E-state index in [0.717, 1.165) is 18.8 Å². The molecule has 19 heavy (non-hydrogen) atoms. The molecule has 1 aromatic carbocycles. The van der Waals surface area contributed by atoms with Gasteiger partial charge >= 0.3 is 0 Å². The van der Waals surface area contributed by atoms with Crippen molar-refractivity contribution >= 4 is 0 Å². The third-order valence-corrected chi connectivity index (χ3v) is 3.64. The molecule has 0 saturated carbocycles. The van der Waals surface area contributed by atoms with Crippen LogP contribution >= 0.6 is 0 Å². The normalized spacial score (nSPS) is 19.4. The highest BCUT2D eigenvalue weighted by molar-refractivity contribution is 5.32. The Morgan fingerprint density at radius 2 is 2.21 bits per heavy atom. The maximum absolute atomic E-state index is 5.96. The third kappa shape index (κ3) is 2.36. The molecule has 1 aromatic heterocycles. The number of rotatable bonds is 3. The number of nitrogens with zero attached hydrogens (tertiary/aromatic N) is 5. The fourth-order valence-electron chi connectivity index (χ4n) is 2.74. The van der Waals surface area contributed by atoms with Gasteiger partial charge in [0.1, 0.15) is 0 Å². The van der Waals surface area contributed by atoms with E-state index in [1.807, 2.05) is 0 Å². The summed E-state index contributed by atoms with van der Waals surface area (Å²) < 4.78 is 0. The quantitative estimate of drug-likeness (QED) is 0.855. The van der Waals surface area contributed by atoms with E-state index in [2.05, 4.69) is 44.6 Å². The second kappa shape index (κ2) is 5.07. The van der Waals surface area contributed by atoms with Crippen molar-refractivity contribution < 1.29 is 0 Å². The highest BCUT2D eigenvalue weighted by Gasteiger charge is 2.26. The molecule has 1 unspecified atom stereocenters. The molecular weight excluding hydrogens is 240 g/mol. The molecule has 1 atom stereocenters. The van der Waals surface area contributed by atoms with Crippen LogP contribution in [0, 0.1) is 0 Å². The Bertz CT molecular complexity index is 564. The van der Waals surface area contributed by atoms with E-state index in [1.54, 1.807) is 7.05 Å². The Morgan fingerprint density at radius 1 is 1.37 bits per heavy atom. The van der Waals surface area contributed by atoms with Crippen LogP contribution < -0.4 is 5.73 Å². The number of benzene rings is 1. The Morgan fingerprint density at radius 3 is 2.95 bits per heavy atom. The highest BCUT2D eigenvalue weighted by atomic mass is 15.6. The molecule has 100 valence electrons. The summed E-state index contributed by atoms with van der Waals surface area (Å²) in [6.45, 7) is 2.29. The molecular formula is C13H18N6. The van der Waals surface area contributed by atoms with Gasteiger partial charge < -0.3 is 5.73 Å². The maximum atomic E-state index is 5.96. The lowest BCUT2D eigenvalue weighted by atomic mass is 9.92. The number of tetrazole rings is 1. The van der Waals surface area contributed by atoms with E-state index >= 15 is 0 Å². The average Bonchev–Trinajstić information content (AvgIpc) is 2.84. The van der Waals surface area contributed by atoms with Gasteiger partial charge in [0.25, 0.3) is 0 Å². The van der Waals surface area contributed by atoms with Gasteiger partial charge in [-0.25, -0.2) is 0 Å². The highest BCUT2D eigenvalue weighted by Crippen LogP contribution is 2.29. The van der Waals surface area contributed by atoms with Crippen molar-refractivity contribution in [2.45, 2.75) is 19.0 Å². The van der Waals surface area contributed by atoms with Gasteiger partial charge in [0.15, 0.2) is 5.82 Å². The number of hydrogen-bond donors (Lipinski definition) is 1. The van der Waals surface area contributed by atoms with Gasteiger partial charge in [-0.3, -0.25) is 4.90 Å². The standard InChI is InChI=1S/C13H18N6/c1-18-16-13(15-17-18)9-19-7-6-10-4-2-3-5-11(10)12(19)8-14/h2-5,12H,6-9,14H2,1H3. The summed E-state index contributed by atoms with van der Waals surface area (Å²) in [6, 6.07) is 8.77. The predicted octanol–water partition coefficient (Wildman–Crippen LogP) is 0.268. The zero-order valence-corrected chi connectivity index (χ0v) is 11.0. The summed E-state index contributed by atoms with van der Waals surface area (Å²) in [6.07, 6.45) is 1.05. The summed E-state index contributed by atoms with van der Waals surface area (Å²) in [4.78, 5) is 3.82. The van der Waals surface area contributed by atoms with Crippen LogP contribution in [-0.4, -0.2) is 38.2 Å². The smallest absolute Gasteiger partial charge is 0.188 e. The van der Waals surface area contributed by atoms with Crippen LogP contribution in [0.5, 0.6) is 0 Å². The van der Waals surface area contributed by atoms with Crippen molar-refractivity contribution in [2.75, 3.05) is 13.1 Å². The minimum atomic E-state index is 0.244. The molecule has 6 nitrogen and oxygen atoms in total. The molecule has 2 heterocycles. The van der Waals surface area contributed by atoms with Gasteiger partial charge in [-0.05, 0) is 22.8 Å². The van der Waals surface area contributed by atoms with E-state index in [9.17, 15) is 0 Å². The van der Waals surface area contributed by atoms with E-state index in [4.69, 9.17) is 5.73 Å². The SMILES string of the molecule is Cn1nnc(CN2CCc3ccccc3C2CN)n1. The summed E-state index contributed by atoms with van der Waals surface area (Å²) in [5.41, 5.74) is 8.70. The first-order chi connectivity index (χ1) is 9.28. The van der Waals surface area contributed by atoms with Crippen LogP contribution in [0.25, 0.3) is 0 Å². The lowest BCUT2D eigenvalue weighted by Gasteiger charge is -2.35. The van der Waals surface area contributed by atoms with Gasteiger partial charge in [0.05, 0.1) is 13.6 Å².